The first kappa shape index (κ1) is 12.4. The second kappa shape index (κ2) is 4.60. The summed E-state index contributed by atoms with van der Waals surface area (Å²) in [5.74, 6) is 0.880. The molecule has 0 aliphatic rings. The van der Waals surface area contributed by atoms with Crippen molar-refractivity contribution < 1.29 is 4.74 Å². The van der Waals surface area contributed by atoms with Crippen molar-refractivity contribution in [1.82, 2.24) is 9.38 Å². The smallest absolute Gasteiger partial charge is 0.195 e. The van der Waals surface area contributed by atoms with E-state index in [1.54, 1.807) is 18.4 Å². The minimum absolute atomic E-state index is 0.880. The lowest BCUT2D eigenvalue weighted by Gasteiger charge is -1.99. The van der Waals surface area contributed by atoms with Crippen molar-refractivity contribution in [2.75, 3.05) is 7.11 Å². The topological polar surface area (TPSA) is 26.5 Å². The second-order valence-corrected chi connectivity index (χ2v) is 6.09. The predicted molar refractivity (Wildman–Crippen MR) is 87.3 cm³/mol. The largest absolute Gasteiger partial charge is 0.497 e. The molecule has 0 bridgehead atoms. The summed E-state index contributed by atoms with van der Waals surface area (Å²) < 4.78 is 8.61. The molecule has 104 valence electrons. The number of nitrogens with zero attached hydrogens (tertiary/aromatic N) is 2. The number of benzene rings is 2. The predicted octanol–water partition coefficient (Wildman–Crippen LogP) is 4.53. The Morgan fingerprint density at radius 3 is 2.67 bits per heavy atom. The minimum atomic E-state index is 0.880. The molecule has 0 N–H and O–H groups in total. The van der Waals surface area contributed by atoms with Crippen LogP contribution in [-0.4, -0.2) is 16.5 Å². The highest BCUT2D eigenvalue weighted by molar-refractivity contribution is 7.23. The zero-order chi connectivity index (χ0) is 14.4. The molecule has 4 heteroatoms. The van der Waals surface area contributed by atoms with E-state index in [1.807, 2.05) is 6.07 Å². The molecule has 0 unspecified atom stereocenters. The van der Waals surface area contributed by atoms with E-state index in [0.29, 0.717) is 0 Å². The maximum Gasteiger partial charge on any atom is 0.195 e. The quantitative estimate of drug-likeness (QED) is 0.543. The second-order valence-electron chi connectivity index (χ2n) is 5.08. The van der Waals surface area contributed by atoms with Crippen LogP contribution in [0.3, 0.4) is 0 Å². The Balaban J connectivity index is 1.88. The molecule has 2 heterocycles. The molecule has 0 spiro atoms. The molecule has 3 nitrogen and oxygen atoms in total. The van der Waals surface area contributed by atoms with E-state index in [2.05, 4.69) is 53.9 Å². The molecule has 2 aromatic heterocycles. The van der Waals surface area contributed by atoms with Gasteiger partial charge in [-0.2, -0.15) is 0 Å². The van der Waals surface area contributed by atoms with Gasteiger partial charge in [0.25, 0.3) is 0 Å². The fraction of sp³-hybridized carbons (Fsp3) is 0.118. The number of hydrogen-bond acceptors (Lipinski definition) is 3. The van der Waals surface area contributed by atoms with Gasteiger partial charge in [-0.15, -0.1) is 0 Å². The van der Waals surface area contributed by atoms with Gasteiger partial charge in [0, 0.05) is 11.8 Å². The fourth-order valence-electron chi connectivity index (χ4n) is 2.47. The van der Waals surface area contributed by atoms with Gasteiger partial charge in [0.05, 0.1) is 23.0 Å². The van der Waals surface area contributed by atoms with E-state index in [4.69, 9.17) is 9.72 Å². The average molecular weight is 294 g/mol. The number of imidazole rings is 1. The van der Waals surface area contributed by atoms with E-state index in [-0.39, 0.29) is 0 Å². The van der Waals surface area contributed by atoms with Crippen LogP contribution in [0.2, 0.25) is 0 Å². The number of hydrogen-bond donors (Lipinski definition) is 0. The number of ether oxygens (including phenoxy) is 1. The Kier molecular flexibility index (Phi) is 2.72. The van der Waals surface area contributed by atoms with Gasteiger partial charge in [-0.05, 0) is 25.1 Å². The van der Waals surface area contributed by atoms with Gasteiger partial charge in [0.1, 0.15) is 5.75 Å². The molecule has 0 radical (unpaired) electrons. The Bertz CT molecular complexity index is 935. The average Bonchev–Trinajstić information content (AvgIpc) is 3.04. The number of methoxy groups -OCH3 is 1. The van der Waals surface area contributed by atoms with Crippen molar-refractivity contribution in [2.45, 2.75) is 6.92 Å². The van der Waals surface area contributed by atoms with Gasteiger partial charge in [0.15, 0.2) is 4.96 Å². The molecule has 0 amide bonds. The summed E-state index contributed by atoms with van der Waals surface area (Å²) in [6.07, 6.45) is 2.10. The van der Waals surface area contributed by atoms with Crippen LogP contribution >= 0.6 is 11.3 Å². The summed E-state index contributed by atoms with van der Waals surface area (Å²) in [7, 11) is 1.69. The van der Waals surface area contributed by atoms with Gasteiger partial charge in [-0.3, -0.25) is 4.40 Å². The van der Waals surface area contributed by atoms with Crippen molar-refractivity contribution >= 4 is 26.5 Å². The number of aromatic nitrogens is 2. The van der Waals surface area contributed by atoms with Crippen LogP contribution in [0.15, 0.2) is 48.7 Å². The third kappa shape index (κ3) is 1.99. The Morgan fingerprint density at radius 2 is 1.90 bits per heavy atom. The first-order valence-electron chi connectivity index (χ1n) is 6.77. The lowest BCUT2D eigenvalue weighted by molar-refractivity contribution is 0.415. The highest BCUT2D eigenvalue weighted by atomic mass is 32.1. The molecular formula is C17H14N2OS. The summed E-state index contributed by atoms with van der Waals surface area (Å²) in [4.78, 5) is 5.75. The molecule has 21 heavy (non-hydrogen) atoms. The van der Waals surface area contributed by atoms with Crippen LogP contribution in [0.5, 0.6) is 5.75 Å². The van der Waals surface area contributed by atoms with Crippen LogP contribution in [0, 0.1) is 6.92 Å². The maximum absolute atomic E-state index is 5.28. The number of thiazole rings is 1. The molecule has 0 saturated carbocycles. The van der Waals surface area contributed by atoms with Gasteiger partial charge in [-0.25, -0.2) is 4.98 Å². The van der Waals surface area contributed by atoms with Crippen molar-refractivity contribution in [3.05, 3.63) is 54.2 Å². The zero-order valence-electron chi connectivity index (χ0n) is 11.8. The van der Waals surface area contributed by atoms with Crippen molar-refractivity contribution in [3.8, 4) is 17.0 Å². The molecule has 4 aromatic rings. The zero-order valence-corrected chi connectivity index (χ0v) is 12.6. The van der Waals surface area contributed by atoms with E-state index in [1.165, 1.54) is 15.8 Å². The highest BCUT2D eigenvalue weighted by Crippen LogP contribution is 2.31. The summed E-state index contributed by atoms with van der Waals surface area (Å²) in [6, 6.07) is 14.6. The van der Waals surface area contributed by atoms with E-state index in [0.717, 1.165) is 22.0 Å². The van der Waals surface area contributed by atoms with E-state index in [9.17, 15) is 0 Å². The number of fused-ring (bicyclic) bond motifs is 3. The molecule has 0 aliphatic carbocycles. The van der Waals surface area contributed by atoms with Crippen molar-refractivity contribution in [2.24, 2.45) is 0 Å². The standard InChI is InChI=1S/C17H14N2OS/c1-11-3-5-12(6-4-11)14-10-19-15-8-7-13(20-2)9-16(15)21-17(19)18-14/h3-10H,1-2H3. The lowest BCUT2D eigenvalue weighted by atomic mass is 10.1. The summed E-state index contributed by atoms with van der Waals surface area (Å²) in [6.45, 7) is 2.09. The third-order valence-electron chi connectivity index (χ3n) is 3.65. The van der Waals surface area contributed by atoms with Gasteiger partial charge < -0.3 is 4.74 Å². The van der Waals surface area contributed by atoms with Crippen molar-refractivity contribution in [1.29, 1.82) is 0 Å². The minimum Gasteiger partial charge on any atom is -0.497 e. The van der Waals surface area contributed by atoms with Crippen LogP contribution in [-0.2, 0) is 0 Å². The summed E-state index contributed by atoms with van der Waals surface area (Å²) in [5.41, 5.74) is 4.59. The van der Waals surface area contributed by atoms with E-state index >= 15 is 0 Å². The molecular weight excluding hydrogens is 280 g/mol. The summed E-state index contributed by atoms with van der Waals surface area (Å²) >= 11 is 1.68. The molecule has 0 fully saturated rings. The monoisotopic (exact) mass is 294 g/mol. The van der Waals surface area contributed by atoms with Crippen molar-refractivity contribution in [3.63, 3.8) is 0 Å². The Labute approximate surface area is 126 Å². The Morgan fingerprint density at radius 1 is 1.10 bits per heavy atom. The van der Waals surface area contributed by atoms with Crippen LogP contribution in [0.1, 0.15) is 5.56 Å². The van der Waals surface area contributed by atoms with Crippen LogP contribution in [0.25, 0.3) is 26.4 Å². The lowest BCUT2D eigenvalue weighted by Crippen LogP contribution is -1.82. The van der Waals surface area contributed by atoms with Gasteiger partial charge in [0.2, 0.25) is 0 Å². The molecule has 4 rings (SSSR count). The normalized spacial score (nSPS) is 11.3. The van der Waals surface area contributed by atoms with Gasteiger partial charge in [-0.1, -0.05) is 41.2 Å². The first-order chi connectivity index (χ1) is 10.2. The SMILES string of the molecule is COc1ccc2c(c1)sc1nc(-c3ccc(C)cc3)cn12. The molecule has 0 aliphatic heterocycles. The fourth-order valence-corrected chi connectivity index (χ4v) is 3.51. The maximum atomic E-state index is 5.28. The highest BCUT2D eigenvalue weighted by Gasteiger charge is 2.10. The summed E-state index contributed by atoms with van der Waals surface area (Å²) in [5, 5.41) is 0. The molecule has 2 aromatic carbocycles. The molecule has 0 atom stereocenters. The van der Waals surface area contributed by atoms with Crippen LogP contribution in [0.4, 0.5) is 0 Å². The number of rotatable bonds is 2. The van der Waals surface area contributed by atoms with Crippen LogP contribution < -0.4 is 4.74 Å². The van der Waals surface area contributed by atoms with E-state index < -0.39 is 0 Å². The van der Waals surface area contributed by atoms with Gasteiger partial charge >= 0.3 is 0 Å². The first-order valence-corrected chi connectivity index (χ1v) is 7.59. The molecule has 0 saturated heterocycles. The number of aryl methyl sites for hydroxylation is 1. The Hall–Kier alpha value is -2.33. The third-order valence-corrected chi connectivity index (χ3v) is 4.67.